The van der Waals surface area contributed by atoms with Crippen LogP contribution in [-0.4, -0.2) is 3.21 Å². The molecule has 0 fully saturated rings. The Bertz CT molecular complexity index is 1820. The summed E-state index contributed by atoms with van der Waals surface area (Å²) in [4.78, 5) is 0. The topological polar surface area (TPSA) is 0 Å². The number of halogens is 5. The summed E-state index contributed by atoms with van der Waals surface area (Å²) in [6.07, 6.45) is 5.72. The van der Waals surface area contributed by atoms with Crippen LogP contribution < -0.4 is 24.8 Å². The first-order valence-corrected chi connectivity index (χ1v) is 19.8. The SMILES string of the molecule is CC(C)(C)c1[c-]c2c(cc1C(C)(C)C)-c1cc(C(C)(C)C)c(C(C)(C)C)cc1C2.FC(F)(F)c1cccc([C](=[Zr+2])c2ccccc2)c1.[C-]1=CCCC1.[Cl-].[Cl-]. The fraction of sp³-hybridized carbons (Fsp3) is 0.438. The van der Waals surface area contributed by atoms with Gasteiger partial charge in [0.15, 0.2) is 0 Å². The summed E-state index contributed by atoms with van der Waals surface area (Å²) in [5, 5.41) is 0. The fourth-order valence-electron chi connectivity index (χ4n) is 6.76. The third-order valence-electron chi connectivity index (χ3n) is 9.59. The van der Waals surface area contributed by atoms with Crippen LogP contribution >= 0.6 is 0 Å². The molecule has 2 aliphatic carbocycles. The van der Waals surface area contributed by atoms with E-state index in [0.29, 0.717) is 5.56 Å². The zero-order valence-corrected chi connectivity index (χ0v) is 38.2. The first-order valence-electron chi connectivity index (χ1n) is 18.5. The van der Waals surface area contributed by atoms with E-state index in [1.807, 2.05) is 30.3 Å². The van der Waals surface area contributed by atoms with Gasteiger partial charge in [0, 0.05) is 0 Å². The first kappa shape index (κ1) is 47.9. The summed E-state index contributed by atoms with van der Waals surface area (Å²) < 4.78 is 38.8. The fourth-order valence-corrected chi connectivity index (χ4v) is 7.55. The van der Waals surface area contributed by atoms with Crippen molar-refractivity contribution in [1.29, 1.82) is 0 Å². The van der Waals surface area contributed by atoms with Crippen LogP contribution in [0.4, 0.5) is 13.2 Å². The largest absolute Gasteiger partial charge is 1.00 e. The Morgan fingerprint density at radius 1 is 0.611 bits per heavy atom. The molecule has 0 aliphatic heterocycles. The zero-order chi connectivity index (χ0) is 38.9. The predicted octanol–water partition coefficient (Wildman–Crippen LogP) is 7.61. The number of alkyl halides is 3. The maximum atomic E-state index is 12.6. The molecule has 0 amide bonds. The molecule has 54 heavy (non-hydrogen) atoms. The van der Waals surface area contributed by atoms with Crippen LogP contribution in [0.3, 0.4) is 0 Å². The average molecular weight is 853 g/mol. The number of hydrogen-bond acceptors (Lipinski definition) is 0. The number of hydrogen-bond donors (Lipinski definition) is 0. The van der Waals surface area contributed by atoms with Gasteiger partial charge in [-0.15, -0.1) is 16.7 Å². The van der Waals surface area contributed by atoms with Gasteiger partial charge in [-0.2, -0.15) is 24.1 Å². The molecule has 0 aromatic heterocycles. The number of fused-ring (bicyclic) bond motifs is 3. The maximum absolute atomic E-state index is 12.6. The predicted molar refractivity (Wildman–Crippen MR) is 211 cm³/mol. The molecule has 2 aliphatic rings. The van der Waals surface area contributed by atoms with Gasteiger partial charge in [-0.1, -0.05) is 119 Å². The van der Waals surface area contributed by atoms with Crippen LogP contribution in [0.25, 0.3) is 11.1 Å². The van der Waals surface area contributed by atoms with E-state index in [0.717, 1.165) is 45.5 Å². The van der Waals surface area contributed by atoms with Crippen LogP contribution in [0.15, 0.2) is 78.9 Å². The van der Waals surface area contributed by atoms with Crippen molar-refractivity contribution >= 4 is 3.21 Å². The van der Waals surface area contributed by atoms with E-state index in [1.165, 1.54) is 75.9 Å². The Kier molecular flexibility index (Phi) is 16.3. The Morgan fingerprint density at radius 3 is 1.61 bits per heavy atom. The number of rotatable bonds is 2. The molecule has 0 saturated heterocycles. The van der Waals surface area contributed by atoms with Crippen LogP contribution in [0.2, 0.25) is 0 Å². The Labute approximate surface area is 352 Å². The van der Waals surface area contributed by atoms with E-state index in [4.69, 9.17) is 0 Å². The third kappa shape index (κ3) is 12.1. The van der Waals surface area contributed by atoms with Gasteiger partial charge in [0.2, 0.25) is 0 Å². The monoisotopic (exact) mass is 850 g/mol. The van der Waals surface area contributed by atoms with Crippen LogP contribution in [0.5, 0.6) is 0 Å². The van der Waals surface area contributed by atoms with E-state index in [2.05, 4.69) is 120 Å². The molecule has 0 N–H and O–H groups in total. The summed E-state index contributed by atoms with van der Waals surface area (Å²) in [6.45, 7) is 28.0. The molecule has 0 spiro atoms. The van der Waals surface area contributed by atoms with E-state index in [-0.39, 0.29) is 46.5 Å². The molecule has 0 bridgehead atoms. The molecule has 6 rings (SSSR count). The van der Waals surface area contributed by atoms with E-state index in [9.17, 15) is 13.2 Å². The minimum atomic E-state index is -4.29. The van der Waals surface area contributed by atoms with Gasteiger partial charge in [0.1, 0.15) is 0 Å². The Hall–Kier alpha value is -2.26. The van der Waals surface area contributed by atoms with Crippen molar-refractivity contribution in [3.05, 3.63) is 141 Å². The van der Waals surface area contributed by atoms with Crippen molar-refractivity contribution in [2.45, 2.75) is 137 Å². The van der Waals surface area contributed by atoms with Crippen molar-refractivity contribution in [3.8, 4) is 11.1 Å². The summed E-state index contributed by atoms with van der Waals surface area (Å²) >= 11 is 1.09. The smallest absolute Gasteiger partial charge is 0.0694 e. The van der Waals surface area contributed by atoms with Crippen molar-refractivity contribution in [2.24, 2.45) is 0 Å². The molecule has 290 valence electrons. The van der Waals surface area contributed by atoms with Gasteiger partial charge >= 0.3 is 118 Å². The van der Waals surface area contributed by atoms with Crippen molar-refractivity contribution < 1.29 is 62.2 Å². The first-order chi connectivity index (χ1) is 23.9. The Morgan fingerprint density at radius 2 is 1.15 bits per heavy atom. The third-order valence-corrected chi connectivity index (χ3v) is 11.0. The molecule has 0 heterocycles. The summed E-state index contributed by atoms with van der Waals surface area (Å²) in [7, 11) is 0. The molecule has 0 unspecified atom stereocenters. The van der Waals surface area contributed by atoms with Crippen molar-refractivity contribution in [2.75, 3.05) is 0 Å². The summed E-state index contributed by atoms with van der Waals surface area (Å²) in [5.74, 6) is 0. The molecule has 0 saturated carbocycles. The molecular formula is C48H57Cl2F3Zr-2. The van der Waals surface area contributed by atoms with Crippen LogP contribution in [-0.2, 0) is 58.5 Å². The quantitative estimate of drug-likeness (QED) is 0.161. The van der Waals surface area contributed by atoms with E-state index >= 15 is 0 Å². The summed E-state index contributed by atoms with van der Waals surface area (Å²) in [6, 6.07) is 26.3. The average Bonchev–Trinajstić information content (AvgIpc) is 3.74. The molecular weight excluding hydrogens is 796 g/mol. The van der Waals surface area contributed by atoms with Gasteiger partial charge in [0.25, 0.3) is 0 Å². The van der Waals surface area contributed by atoms with Gasteiger partial charge in [0.05, 0.1) is 0 Å². The normalized spacial score (nSPS) is 13.6. The Balaban J connectivity index is 0.000000343. The standard InChI is InChI=1S/C29H41.C14H9F3.C5H7.2ClH.Zr/c1-26(2,3)22-14-18-13-19-15-23(27(4,5)6)25(29(10,11)12)17-21(19)20(18)16-24(22)28(7,8)9;15-14(16,17)13-8-4-7-12(10-13)9-11-5-2-1-3-6-11;1-2-4-5-3-1;;;/h14,16-17H,13H2,1-12H3;1-8,10H;1H,2,4-5H2;2*1H;/q-1;;-1;;;+2/p-2. The van der Waals surface area contributed by atoms with Crippen LogP contribution in [0.1, 0.15) is 152 Å². The van der Waals surface area contributed by atoms with Crippen molar-refractivity contribution in [1.82, 2.24) is 0 Å². The second-order valence-corrected chi connectivity index (χ2v) is 19.5. The van der Waals surface area contributed by atoms with Gasteiger partial charge in [-0.05, 0) is 39.4 Å². The number of allylic oxidation sites excluding steroid dienone is 2. The van der Waals surface area contributed by atoms with Gasteiger partial charge < -0.3 is 30.9 Å². The molecule has 0 radical (unpaired) electrons. The number of benzene rings is 4. The van der Waals surface area contributed by atoms with E-state index in [1.54, 1.807) is 6.07 Å². The second kappa shape index (κ2) is 18.3. The maximum Gasteiger partial charge on any atom is -0.0694 e. The molecule has 4 aromatic rings. The van der Waals surface area contributed by atoms with Crippen molar-refractivity contribution in [3.63, 3.8) is 0 Å². The van der Waals surface area contributed by atoms with Gasteiger partial charge in [-0.3, -0.25) is 6.08 Å². The zero-order valence-electron chi connectivity index (χ0n) is 34.2. The second-order valence-electron chi connectivity index (χ2n) is 18.3. The molecule has 0 atom stereocenters. The molecule has 0 nitrogen and oxygen atoms in total. The van der Waals surface area contributed by atoms with Gasteiger partial charge in [-0.25, -0.2) is 0 Å². The molecule has 6 heteroatoms. The minimum Gasteiger partial charge on any atom is -1.00 e. The molecule has 4 aromatic carbocycles. The van der Waals surface area contributed by atoms with Crippen LogP contribution in [0, 0.1) is 12.1 Å². The minimum absolute atomic E-state index is 0. The van der Waals surface area contributed by atoms with E-state index < -0.39 is 11.7 Å². The summed E-state index contributed by atoms with van der Waals surface area (Å²) in [5.41, 5.74) is 12.9.